The summed E-state index contributed by atoms with van der Waals surface area (Å²) in [6, 6.07) is 11.6. The first kappa shape index (κ1) is 26.5. The average molecular weight is 525 g/mol. The molecule has 2 aromatic rings. The lowest BCUT2D eigenvalue weighted by atomic mass is 9.67. The van der Waals surface area contributed by atoms with Gasteiger partial charge >= 0.3 is 11.7 Å². The van der Waals surface area contributed by atoms with Gasteiger partial charge in [-0.25, -0.2) is 0 Å². The first-order valence-corrected chi connectivity index (χ1v) is 12.5. The standard InChI is InChI=1S/C28H29ClN2O6/c1-5-36-27(33)24-16(2)30-20-13-28(3,4)14-22(32)26(20)25(24)18-8-11-23(21(12-18)31(34)35)37-15-17-6-9-19(29)10-7-17/h6-12,24-25H,5,13-15H2,1-4H3/t24?,25-/m1/s1. The second-order valence-corrected chi connectivity index (χ2v) is 10.6. The van der Waals surface area contributed by atoms with Gasteiger partial charge < -0.3 is 9.47 Å². The number of carbonyl (C=O) groups excluding carboxylic acids is 2. The molecule has 1 unspecified atom stereocenters. The molecule has 0 saturated heterocycles. The Bertz CT molecular complexity index is 1310. The summed E-state index contributed by atoms with van der Waals surface area (Å²) in [5.74, 6) is -2.12. The molecule has 8 nitrogen and oxygen atoms in total. The monoisotopic (exact) mass is 524 g/mol. The molecule has 1 aliphatic carbocycles. The number of benzene rings is 2. The number of carbonyl (C=O) groups is 2. The number of hydrogen-bond acceptors (Lipinski definition) is 7. The minimum Gasteiger partial charge on any atom is -0.482 e. The van der Waals surface area contributed by atoms with E-state index in [2.05, 4.69) is 4.99 Å². The Labute approximate surface area is 220 Å². The highest BCUT2D eigenvalue weighted by Crippen LogP contribution is 2.48. The number of nitro benzene ring substituents is 1. The first-order valence-electron chi connectivity index (χ1n) is 12.1. The second-order valence-electron chi connectivity index (χ2n) is 10.2. The fourth-order valence-corrected chi connectivity index (χ4v) is 5.20. The van der Waals surface area contributed by atoms with E-state index in [0.29, 0.717) is 40.4 Å². The van der Waals surface area contributed by atoms with Crippen molar-refractivity contribution in [3.63, 3.8) is 0 Å². The molecular formula is C28H29ClN2O6. The van der Waals surface area contributed by atoms with Crippen LogP contribution in [0.15, 0.2) is 58.7 Å². The van der Waals surface area contributed by atoms with Crippen molar-refractivity contribution >= 4 is 34.8 Å². The quantitative estimate of drug-likeness (QED) is 0.242. The van der Waals surface area contributed by atoms with Gasteiger partial charge in [0.25, 0.3) is 0 Å². The molecule has 0 amide bonds. The summed E-state index contributed by atoms with van der Waals surface area (Å²) in [6.45, 7) is 7.73. The Morgan fingerprint density at radius 1 is 1.19 bits per heavy atom. The lowest BCUT2D eigenvalue weighted by Gasteiger charge is -2.38. The zero-order valence-corrected chi connectivity index (χ0v) is 22.0. The van der Waals surface area contributed by atoms with Gasteiger partial charge in [-0.3, -0.25) is 24.7 Å². The smallest absolute Gasteiger partial charge is 0.315 e. The summed E-state index contributed by atoms with van der Waals surface area (Å²) in [5.41, 5.74) is 2.35. The summed E-state index contributed by atoms with van der Waals surface area (Å²) in [7, 11) is 0. The first-order chi connectivity index (χ1) is 17.5. The predicted molar refractivity (Wildman–Crippen MR) is 140 cm³/mol. The van der Waals surface area contributed by atoms with Crippen LogP contribution in [0.25, 0.3) is 0 Å². The minimum atomic E-state index is -0.857. The molecule has 0 spiro atoms. The van der Waals surface area contributed by atoms with Crippen molar-refractivity contribution in [3.8, 4) is 5.75 Å². The Hall–Kier alpha value is -3.52. The van der Waals surface area contributed by atoms with Gasteiger partial charge in [0.1, 0.15) is 12.5 Å². The maximum absolute atomic E-state index is 13.4. The molecular weight excluding hydrogens is 496 g/mol. The minimum absolute atomic E-state index is 0.0860. The van der Waals surface area contributed by atoms with Crippen molar-refractivity contribution in [2.24, 2.45) is 16.3 Å². The van der Waals surface area contributed by atoms with Crippen LogP contribution in [0, 0.1) is 21.4 Å². The van der Waals surface area contributed by atoms with E-state index in [1.165, 1.54) is 12.1 Å². The summed E-state index contributed by atoms with van der Waals surface area (Å²) in [5, 5.41) is 12.6. The van der Waals surface area contributed by atoms with E-state index < -0.39 is 22.7 Å². The highest BCUT2D eigenvalue weighted by atomic mass is 35.5. The van der Waals surface area contributed by atoms with Crippen molar-refractivity contribution < 1.29 is 24.0 Å². The molecule has 2 aromatic carbocycles. The predicted octanol–water partition coefficient (Wildman–Crippen LogP) is 6.21. The maximum atomic E-state index is 13.4. The molecule has 4 rings (SSSR count). The van der Waals surface area contributed by atoms with Crippen LogP contribution in [0.1, 0.15) is 57.6 Å². The molecule has 37 heavy (non-hydrogen) atoms. The van der Waals surface area contributed by atoms with Crippen molar-refractivity contribution in [3.05, 3.63) is 80.0 Å². The lowest BCUT2D eigenvalue weighted by Crippen LogP contribution is -2.39. The number of nitro groups is 1. The molecule has 0 radical (unpaired) electrons. The van der Waals surface area contributed by atoms with E-state index >= 15 is 0 Å². The number of halogens is 1. The molecule has 194 valence electrons. The van der Waals surface area contributed by atoms with Crippen LogP contribution in [-0.2, 0) is 20.9 Å². The molecule has 1 heterocycles. The normalized spacial score (nSPS) is 20.7. The van der Waals surface area contributed by atoms with Crippen LogP contribution in [-0.4, -0.2) is 29.0 Å². The third-order valence-corrected chi connectivity index (χ3v) is 6.94. The van der Waals surface area contributed by atoms with E-state index in [-0.39, 0.29) is 35.8 Å². The summed E-state index contributed by atoms with van der Waals surface area (Å²) in [4.78, 5) is 42.6. The van der Waals surface area contributed by atoms with Gasteiger partial charge in [0.2, 0.25) is 0 Å². The average Bonchev–Trinajstić information content (AvgIpc) is 2.82. The summed E-state index contributed by atoms with van der Waals surface area (Å²) in [6.07, 6.45) is 0.874. The van der Waals surface area contributed by atoms with Gasteiger partial charge in [-0.2, -0.15) is 0 Å². The van der Waals surface area contributed by atoms with Crippen LogP contribution in [0.5, 0.6) is 5.75 Å². The van der Waals surface area contributed by atoms with Gasteiger partial charge in [0.05, 0.1) is 11.5 Å². The molecule has 1 aliphatic heterocycles. The van der Waals surface area contributed by atoms with E-state index in [1.807, 2.05) is 13.8 Å². The zero-order valence-electron chi connectivity index (χ0n) is 21.2. The van der Waals surface area contributed by atoms with E-state index in [9.17, 15) is 19.7 Å². The van der Waals surface area contributed by atoms with Crippen LogP contribution >= 0.6 is 11.6 Å². The molecule has 0 fully saturated rings. The van der Waals surface area contributed by atoms with Crippen molar-refractivity contribution in [1.82, 2.24) is 0 Å². The Balaban J connectivity index is 1.77. The van der Waals surface area contributed by atoms with Gasteiger partial charge in [-0.1, -0.05) is 43.6 Å². The lowest BCUT2D eigenvalue weighted by molar-refractivity contribution is -0.386. The highest BCUT2D eigenvalue weighted by Gasteiger charge is 2.46. The SMILES string of the molecule is CCOC(=O)C1C(C)=NC2=C(C(=O)CC(C)(C)C2)[C@@H]1c1ccc(OCc2ccc(Cl)cc2)c([N+](=O)[O-])c1. The fraction of sp³-hybridized carbons (Fsp3) is 0.393. The van der Waals surface area contributed by atoms with Crippen LogP contribution in [0.2, 0.25) is 5.02 Å². The van der Waals surface area contributed by atoms with E-state index in [1.54, 1.807) is 44.2 Å². The van der Waals surface area contributed by atoms with Gasteiger partial charge in [-0.05, 0) is 55.0 Å². The number of esters is 1. The number of hydrogen-bond donors (Lipinski definition) is 0. The molecule has 0 saturated carbocycles. The van der Waals surface area contributed by atoms with Crippen molar-refractivity contribution in [1.29, 1.82) is 0 Å². The molecule has 2 atom stereocenters. The fourth-order valence-electron chi connectivity index (χ4n) is 5.08. The number of ketones is 1. The van der Waals surface area contributed by atoms with Crippen molar-refractivity contribution in [2.75, 3.05) is 6.61 Å². The van der Waals surface area contributed by atoms with Gasteiger partial charge in [0, 0.05) is 40.4 Å². The second kappa shape index (κ2) is 10.5. The summed E-state index contributed by atoms with van der Waals surface area (Å²) < 4.78 is 11.1. The number of rotatable bonds is 7. The number of nitrogens with zero attached hydrogens (tertiary/aromatic N) is 2. The number of aliphatic imine (C=N–C) groups is 1. The highest BCUT2D eigenvalue weighted by molar-refractivity contribution is 6.30. The third-order valence-electron chi connectivity index (χ3n) is 6.69. The third kappa shape index (κ3) is 5.59. The number of Topliss-reactive ketones (excluding diaryl/α,β-unsaturated/α-hetero) is 1. The van der Waals surface area contributed by atoms with Gasteiger partial charge in [0.15, 0.2) is 11.5 Å². The van der Waals surface area contributed by atoms with Crippen LogP contribution in [0.3, 0.4) is 0 Å². The maximum Gasteiger partial charge on any atom is 0.315 e. The van der Waals surface area contributed by atoms with Gasteiger partial charge in [-0.15, -0.1) is 0 Å². The number of allylic oxidation sites excluding steroid dienone is 2. The van der Waals surface area contributed by atoms with Crippen LogP contribution in [0.4, 0.5) is 5.69 Å². The Kier molecular flexibility index (Phi) is 7.50. The zero-order chi connectivity index (χ0) is 26.9. The largest absolute Gasteiger partial charge is 0.482 e. The molecule has 2 aliphatic rings. The molecule has 0 aromatic heterocycles. The topological polar surface area (TPSA) is 108 Å². The summed E-state index contributed by atoms with van der Waals surface area (Å²) >= 11 is 5.93. The molecule has 0 bridgehead atoms. The van der Waals surface area contributed by atoms with Crippen molar-refractivity contribution in [2.45, 2.75) is 53.1 Å². The Morgan fingerprint density at radius 3 is 2.54 bits per heavy atom. The Morgan fingerprint density at radius 2 is 1.89 bits per heavy atom. The molecule has 9 heteroatoms. The molecule has 0 N–H and O–H groups in total. The van der Waals surface area contributed by atoms with Crippen LogP contribution < -0.4 is 4.74 Å². The van der Waals surface area contributed by atoms with E-state index in [4.69, 9.17) is 21.1 Å². The van der Waals surface area contributed by atoms with E-state index in [0.717, 1.165) is 5.56 Å². The number of ether oxygens (including phenoxy) is 2.